The highest BCUT2D eigenvalue weighted by molar-refractivity contribution is 5.77. The SMILES string of the molecule is CCOc1ccc(CCC(=O)NC(CC)(CC)CN)cc1. The third kappa shape index (κ3) is 5.38. The highest BCUT2D eigenvalue weighted by Crippen LogP contribution is 2.15. The number of hydrogen-bond acceptors (Lipinski definition) is 3. The van der Waals surface area contributed by atoms with E-state index in [1.165, 1.54) is 0 Å². The average molecular weight is 292 g/mol. The van der Waals surface area contributed by atoms with Gasteiger partial charge in [0.1, 0.15) is 5.75 Å². The van der Waals surface area contributed by atoms with Crippen molar-refractivity contribution in [1.29, 1.82) is 0 Å². The van der Waals surface area contributed by atoms with Crippen LogP contribution in [0.1, 0.15) is 45.6 Å². The summed E-state index contributed by atoms with van der Waals surface area (Å²) < 4.78 is 5.40. The second kappa shape index (κ2) is 8.67. The molecule has 1 rings (SSSR count). The molecule has 0 radical (unpaired) electrons. The summed E-state index contributed by atoms with van der Waals surface area (Å²) in [5, 5.41) is 3.09. The minimum absolute atomic E-state index is 0.0676. The standard InChI is InChI=1S/C17H28N2O2/c1-4-17(5-2,13-18)19-16(20)12-9-14-7-10-15(11-8-14)21-6-3/h7-8,10-11H,4-6,9,12-13,18H2,1-3H3,(H,19,20). The average Bonchev–Trinajstić information content (AvgIpc) is 2.52. The van der Waals surface area contributed by atoms with Crippen molar-refractivity contribution >= 4 is 5.91 Å². The zero-order valence-corrected chi connectivity index (χ0v) is 13.4. The van der Waals surface area contributed by atoms with Gasteiger partial charge in [0.2, 0.25) is 5.91 Å². The highest BCUT2D eigenvalue weighted by atomic mass is 16.5. The Bertz CT molecular complexity index is 417. The van der Waals surface area contributed by atoms with Gasteiger partial charge in [0.25, 0.3) is 0 Å². The number of ether oxygens (including phenoxy) is 1. The Morgan fingerprint density at radius 2 is 1.81 bits per heavy atom. The van der Waals surface area contributed by atoms with E-state index in [0.29, 0.717) is 19.6 Å². The Balaban J connectivity index is 2.49. The van der Waals surface area contributed by atoms with E-state index in [9.17, 15) is 4.79 Å². The molecule has 0 aliphatic carbocycles. The Kier molecular flexibility index (Phi) is 7.23. The fourth-order valence-electron chi connectivity index (χ4n) is 2.30. The quantitative estimate of drug-likeness (QED) is 0.735. The van der Waals surface area contributed by atoms with E-state index in [0.717, 1.165) is 30.6 Å². The van der Waals surface area contributed by atoms with Crippen LogP contribution < -0.4 is 15.8 Å². The first kappa shape index (κ1) is 17.5. The maximum Gasteiger partial charge on any atom is 0.220 e. The molecule has 1 aromatic carbocycles. The Hall–Kier alpha value is -1.55. The van der Waals surface area contributed by atoms with Gasteiger partial charge in [-0.2, -0.15) is 0 Å². The summed E-state index contributed by atoms with van der Waals surface area (Å²) in [6, 6.07) is 7.90. The largest absolute Gasteiger partial charge is 0.494 e. The molecule has 1 aromatic rings. The molecule has 118 valence electrons. The van der Waals surface area contributed by atoms with Crippen LogP contribution in [0.25, 0.3) is 0 Å². The molecule has 0 unspecified atom stereocenters. The number of hydrogen-bond donors (Lipinski definition) is 2. The topological polar surface area (TPSA) is 64.3 Å². The van der Waals surface area contributed by atoms with Crippen molar-refractivity contribution in [3.05, 3.63) is 29.8 Å². The van der Waals surface area contributed by atoms with Crippen LogP contribution >= 0.6 is 0 Å². The fourth-order valence-corrected chi connectivity index (χ4v) is 2.30. The lowest BCUT2D eigenvalue weighted by Gasteiger charge is -2.31. The maximum atomic E-state index is 12.1. The number of rotatable bonds is 9. The van der Waals surface area contributed by atoms with Gasteiger partial charge in [-0.25, -0.2) is 0 Å². The van der Waals surface area contributed by atoms with Gasteiger partial charge < -0.3 is 15.8 Å². The first-order valence-electron chi connectivity index (χ1n) is 7.82. The molecule has 21 heavy (non-hydrogen) atoms. The molecule has 0 aliphatic heterocycles. The molecule has 0 bridgehead atoms. The Labute approximate surface area is 128 Å². The van der Waals surface area contributed by atoms with Crippen LogP contribution in [-0.4, -0.2) is 24.6 Å². The molecular formula is C17H28N2O2. The number of benzene rings is 1. The van der Waals surface area contributed by atoms with Gasteiger partial charge in [0.05, 0.1) is 12.1 Å². The summed E-state index contributed by atoms with van der Waals surface area (Å²) in [5.41, 5.74) is 6.69. The number of carbonyl (C=O) groups is 1. The van der Waals surface area contributed by atoms with Crippen molar-refractivity contribution in [2.24, 2.45) is 5.73 Å². The molecule has 3 N–H and O–H groups in total. The van der Waals surface area contributed by atoms with Crippen molar-refractivity contribution in [2.75, 3.05) is 13.2 Å². The summed E-state index contributed by atoms with van der Waals surface area (Å²) >= 11 is 0. The molecule has 0 saturated heterocycles. The van der Waals surface area contributed by atoms with Gasteiger partial charge in [-0.1, -0.05) is 26.0 Å². The molecule has 0 heterocycles. The van der Waals surface area contributed by atoms with Crippen LogP contribution in [0.15, 0.2) is 24.3 Å². The molecule has 0 atom stereocenters. The summed E-state index contributed by atoms with van der Waals surface area (Å²) in [5.74, 6) is 0.933. The molecule has 0 saturated carbocycles. The van der Waals surface area contributed by atoms with E-state index in [2.05, 4.69) is 19.2 Å². The number of aryl methyl sites for hydroxylation is 1. The van der Waals surface area contributed by atoms with Gasteiger partial charge in [-0.15, -0.1) is 0 Å². The van der Waals surface area contributed by atoms with Gasteiger partial charge in [0, 0.05) is 13.0 Å². The van der Waals surface area contributed by atoms with E-state index in [4.69, 9.17) is 10.5 Å². The van der Waals surface area contributed by atoms with Crippen LogP contribution in [0.4, 0.5) is 0 Å². The van der Waals surface area contributed by atoms with Crippen molar-refractivity contribution in [3.63, 3.8) is 0 Å². The summed E-state index contributed by atoms with van der Waals surface area (Å²) in [6.07, 6.45) is 2.92. The summed E-state index contributed by atoms with van der Waals surface area (Å²) in [7, 11) is 0. The first-order valence-corrected chi connectivity index (χ1v) is 7.82. The van der Waals surface area contributed by atoms with E-state index in [-0.39, 0.29) is 11.4 Å². The second-order valence-electron chi connectivity index (χ2n) is 5.32. The summed E-state index contributed by atoms with van der Waals surface area (Å²) in [4.78, 5) is 12.1. The van der Waals surface area contributed by atoms with Gasteiger partial charge in [-0.3, -0.25) is 4.79 Å². The molecule has 0 aromatic heterocycles. The number of amides is 1. The minimum atomic E-state index is -0.254. The highest BCUT2D eigenvalue weighted by Gasteiger charge is 2.25. The smallest absolute Gasteiger partial charge is 0.220 e. The normalized spacial score (nSPS) is 11.2. The molecule has 1 amide bonds. The van der Waals surface area contributed by atoms with E-state index >= 15 is 0 Å². The lowest BCUT2D eigenvalue weighted by atomic mass is 9.92. The van der Waals surface area contributed by atoms with E-state index in [1.807, 2.05) is 31.2 Å². The predicted molar refractivity (Wildman–Crippen MR) is 86.4 cm³/mol. The van der Waals surface area contributed by atoms with Gasteiger partial charge >= 0.3 is 0 Å². The summed E-state index contributed by atoms with van der Waals surface area (Å²) in [6.45, 7) is 7.22. The van der Waals surface area contributed by atoms with Crippen molar-refractivity contribution in [2.45, 2.75) is 52.0 Å². The first-order chi connectivity index (χ1) is 10.1. The van der Waals surface area contributed by atoms with Crippen LogP contribution in [0.5, 0.6) is 5.75 Å². The molecule has 4 nitrogen and oxygen atoms in total. The van der Waals surface area contributed by atoms with Crippen molar-refractivity contribution in [3.8, 4) is 5.75 Å². The van der Waals surface area contributed by atoms with Gasteiger partial charge in [0.15, 0.2) is 0 Å². The lowest BCUT2D eigenvalue weighted by molar-refractivity contribution is -0.123. The third-order valence-electron chi connectivity index (χ3n) is 4.02. The lowest BCUT2D eigenvalue weighted by Crippen LogP contribution is -2.52. The maximum absolute atomic E-state index is 12.1. The van der Waals surface area contributed by atoms with Crippen molar-refractivity contribution < 1.29 is 9.53 Å². The monoisotopic (exact) mass is 292 g/mol. The third-order valence-corrected chi connectivity index (χ3v) is 4.02. The van der Waals surface area contributed by atoms with Crippen molar-refractivity contribution in [1.82, 2.24) is 5.32 Å². The second-order valence-corrected chi connectivity index (χ2v) is 5.32. The molecule has 4 heteroatoms. The van der Waals surface area contributed by atoms with Gasteiger partial charge in [-0.05, 0) is 43.9 Å². The Morgan fingerprint density at radius 3 is 2.29 bits per heavy atom. The minimum Gasteiger partial charge on any atom is -0.494 e. The fraction of sp³-hybridized carbons (Fsp3) is 0.588. The zero-order valence-electron chi connectivity index (χ0n) is 13.4. The predicted octanol–water partition coefficient (Wildman–Crippen LogP) is 2.65. The molecule has 0 aliphatic rings. The number of carbonyl (C=O) groups excluding carboxylic acids is 1. The Morgan fingerprint density at radius 1 is 1.19 bits per heavy atom. The molecular weight excluding hydrogens is 264 g/mol. The molecule has 0 fully saturated rings. The van der Waals surface area contributed by atoms with Crippen LogP contribution in [0.3, 0.4) is 0 Å². The van der Waals surface area contributed by atoms with E-state index < -0.39 is 0 Å². The number of nitrogens with two attached hydrogens (primary N) is 1. The van der Waals surface area contributed by atoms with Crippen LogP contribution in [-0.2, 0) is 11.2 Å². The molecule has 0 spiro atoms. The zero-order chi connectivity index (χ0) is 15.7. The van der Waals surface area contributed by atoms with E-state index in [1.54, 1.807) is 0 Å². The van der Waals surface area contributed by atoms with Crippen LogP contribution in [0.2, 0.25) is 0 Å². The van der Waals surface area contributed by atoms with Crippen LogP contribution in [0, 0.1) is 0 Å². The number of nitrogens with one attached hydrogen (secondary N) is 1.